The highest BCUT2D eigenvalue weighted by molar-refractivity contribution is 6.43. The summed E-state index contributed by atoms with van der Waals surface area (Å²) < 4.78 is 15.9. The van der Waals surface area contributed by atoms with Gasteiger partial charge in [-0.3, -0.25) is 0 Å². The number of rotatable bonds is 5. The Morgan fingerprint density at radius 2 is 1.57 bits per heavy atom. The lowest BCUT2D eigenvalue weighted by Gasteiger charge is -2.16. The van der Waals surface area contributed by atoms with Crippen LogP contribution in [0, 0.1) is 0 Å². The van der Waals surface area contributed by atoms with Crippen molar-refractivity contribution in [1.29, 1.82) is 0 Å². The average molecular weight is 376 g/mol. The van der Waals surface area contributed by atoms with Crippen LogP contribution in [0.1, 0.15) is 6.92 Å². The van der Waals surface area contributed by atoms with Gasteiger partial charge in [0.05, 0.1) is 22.2 Å². The lowest BCUT2D eigenvalue weighted by atomic mass is 10.3. The first-order valence-electron chi connectivity index (χ1n) is 6.58. The molecule has 0 radical (unpaired) electrons. The zero-order valence-electron chi connectivity index (χ0n) is 12.3. The molecule has 2 rings (SSSR count). The summed E-state index contributed by atoms with van der Waals surface area (Å²) in [5, 5.41) is 0.820. The highest BCUT2D eigenvalue weighted by Crippen LogP contribution is 2.34. The molecular formula is C16H13Cl3O4. The van der Waals surface area contributed by atoms with E-state index in [9.17, 15) is 4.79 Å². The van der Waals surface area contributed by atoms with Crippen LogP contribution in [-0.4, -0.2) is 19.2 Å². The van der Waals surface area contributed by atoms with Crippen LogP contribution in [0.3, 0.4) is 0 Å². The number of hydrogen-bond acceptors (Lipinski definition) is 4. The van der Waals surface area contributed by atoms with E-state index in [2.05, 4.69) is 0 Å². The summed E-state index contributed by atoms with van der Waals surface area (Å²) in [7, 11) is 1.49. The Morgan fingerprint density at radius 3 is 2.22 bits per heavy atom. The van der Waals surface area contributed by atoms with E-state index >= 15 is 0 Å². The van der Waals surface area contributed by atoms with Gasteiger partial charge in [0.15, 0.2) is 17.6 Å². The van der Waals surface area contributed by atoms with E-state index in [1.54, 1.807) is 24.3 Å². The summed E-state index contributed by atoms with van der Waals surface area (Å²) in [6.45, 7) is 1.54. The fourth-order valence-corrected chi connectivity index (χ4v) is 2.31. The molecule has 1 atom stereocenters. The Hall–Kier alpha value is -1.62. The minimum absolute atomic E-state index is 0.241. The number of methoxy groups -OCH3 is 1. The minimum atomic E-state index is -0.908. The van der Waals surface area contributed by atoms with Crippen LogP contribution >= 0.6 is 34.8 Å². The highest BCUT2D eigenvalue weighted by Gasteiger charge is 2.20. The standard InChI is InChI=1S/C16H13Cl3O4/c1-9(22-15-8-11(18)10(17)7-12(15)19)16(20)23-14-6-4-3-5-13(14)21-2/h3-9H,1-2H3/t9-/m0/s1. The molecule has 0 spiro atoms. The van der Waals surface area contributed by atoms with Crippen molar-refractivity contribution in [1.82, 2.24) is 0 Å². The first kappa shape index (κ1) is 17.7. The van der Waals surface area contributed by atoms with Crippen LogP contribution < -0.4 is 14.2 Å². The molecule has 0 aromatic heterocycles. The molecule has 0 aliphatic rings. The largest absolute Gasteiger partial charge is 0.493 e. The lowest BCUT2D eigenvalue weighted by molar-refractivity contribution is -0.141. The van der Waals surface area contributed by atoms with Crippen molar-refractivity contribution in [2.45, 2.75) is 13.0 Å². The highest BCUT2D eigenvalue weighted by atomic mass is 35.5. The van der Waals surface area contributed by atoms with Crippen LogP contribution in [0.15, 0.2) is 36.4 Å². The maximum absolute atomic E-state index is 12.1. The van der Waals surface area contributed by atoms with Crippen LogP contribution in [0.5, 0.6) is 17.2 Å². The normalized spacial score (nSPS) is 11.7. The maximum atomic E-state index is 12.1. The molecule has 0 bridgehead atoms. The van der Waals surface area contributed by atoms with E-state index < -0.39 is 12.1 Å². The summed E-state index contributed by atoms with van der Waals surface area (Å²) in [4.78, 5) is 12.1. The summed E-state index contributed by atoms with van der Waals surface area (Å²) in [6.07, 6.45) is -0.908. The minimum Gasteiger partial charge on any atom is -0.493 e. The molecular weight excluding hydrogens is 363 g/mol. The fraction of sp³-hybridized carbons (Fsp3) is 0.188. The second-order valence-electron chi connectivity index (χ2n) is 4.53. The van der Waals surface area contributed by atoms with E-state index in [4.69, 9.17) is 49.0 Å². The van der Waals surface area contributed by atoms with Crippen molar-refractivity contribution in [3.63, 3.8) is 0 Å². The smallest absolute Gasteiger partial charge is 0.352 e. The van der Waals surface area contributed by atoms with Crippen LogP contribution in [-0.2, 0) is 4.79 Å². The summed E-state index contributed by atoms with van der Waals surface area (Å²) in [6, 6.07) is 9.69. The molecule has 0 unspecified atom stereocenters. The molecule has 0 fully saturated rings. The van der Waals surface area contributed by atoms with Crippen LogP contribution in [0.4, 0.5) is 0 Å². The van der Waals surface area contributed by atoms with E-state index in [-0.39, 0.29) is 15.8 Å². The van der Waals surface area contributed by atoms with Crippen molar-refractivity contribution in [2.75, 3.05) is 7.11 Å². The van der Waals surface area contributed by atoms with Crippen molar-refractivity contribution in [3.05, 3.63) is 51.5 Å². The molecule has 0 aliphatic heterocycles. The van der Waals surface area contributed by atoms with Gasteiger partial charge in [-0.15, -0.1) is 0 Å². The molecule has 23 heavy (non-hydrogen) atoms. The molecule has 4 nitrogen and oxygen atoms in total. The maximum Gasteiger partial charge on any atom is 0.352 e. The van der Waals surface area contributed by atoms with Gasteiger partial charge >= 0.3 is 5.97 Å². The Balaban J connectivity index is 2.10. The van der Waals surface area contributed by atoms with Gasteiger partial charge in [0.25, 0.3) is 0 Å². The molecule has 2 aromatic carbocycles. The van der Waals surface area contributed by atoms with Crippen LogP contribution in [0.2, 0.25) is 15.1 Å². The fourth-order valence-electron chi connectivity index (χ4n) is 1.73. The van der Waals surface area contributed by atoms with E-state index in [1.165, 1.54) is 26.2 Å². The molecule has 7 heteroatoms. The number of carbonyl (C=O) groups is 1. The number of carbonyl (C=O) groups excluding carboxylic acids is 1. The van der Waals surface area contributed by atoms with Crippen molar-refractivity contribution >= 4 is 40.8 Å². The van der Waals surface area contributed by atoms with Gasteiger partial charge in [0.1, 0.15) is 5.75 Å². The molecule has 0 aliphatic carbocycles. The predicted molar refractivity (Wildman–Crippen MR) is 90.2 cm³/mol. The van der Waals surface area contributed by atoms with Crippen LogP contribution in [0.25, 0.3) is 0 Å². The van der Waals surface area contributed by atoms with Gasteiger partial charge in [0.2, 0.25) is 0 Å². The number of halogens is 3. The lowest BCUT2D eigenvalue weighted by Crippen LogP contribution is -2.28. The van der Waals surface area contributed by atoms with Gasteiger partial charge in [-0.2, -0.15) is 0 Å². The molecule has 0 amide bonds. The summed E-state index contributed by atoms with van der Waals surface area (Å²) in [5.74, 6) is 0.387. The Morgan fingerprint density at radius 1 is 0.957 bits per heavy atom. The zero-order valence-corrected chi connectivity index (χ0v) is 14.6. The van der Waals surface area contributed by atoms with Crippen molar-refractivity contribution < 1.29 is 19.0 Å². The predicted octanol–water partition coefficient (Wildman–Crippen LogP) is 5.03. The van der Waals surface area contributed by atoms with Crippen molar-refractivity contribution in [3.8, 4) is 17.2 Å². The quantitative estimate of drug-likeness (QED) is 0.418. The third-order valence-corrected chi connectivity index (χ3v) is 3.91. The Labute approximate surface area is 148 Å². The molecule has 122 valence electrons. The third kappa shape index (κ3) is 4.44. The first-order chi connectivity index (χ1) is 10.9. The summed E-state index contributed by atoms with van der Waals surface area (Å²) >= 11 is 17.8. The van der Waals surface area contributed by atoms with E-state index in [0.717, 1.165) is 0 Å². The number of para-hydroxylation sites is 2. The van der Waals surface area contributed by atoms with Crippen molar-refractivity contribution in [2.24, 2.45) is 0 Å². The molecule has 0 heterocycles. The van der Waals surface area contributed by atoms with E-state index in [1.807, 2.05) is 0 Å². The monoisotopic (exact) mass is 374 g/mol. The first-order valence-corrected chi connectivity index (χ1v) is 7.71. The van der Waals surface area contributed by atoms with Gasteiger partial charge in [-0.05, 0) is 25.1 Å². The second kappa shape index (κ2) is 7.77. The SMILES string of the molecule is COc1ccccc1OC(=O)[C@H](C)Oc1cc(Cl)c(Cl)cc1Cl. The average Bonchev–Trinajstić information content (AvgIpc) is 2.53. The second-order valence-corrected chi connectivity index (χ2v) is 5.75. The molecule has 0 saturated carbocycles. The molecule has 2 aromatic rings. The Kier molecular flexibility index (Phi) is 5.99. The zero-order chi connectivity index (χ0) is 17.0. The number of esters is 1. The number of ether oxygens (including phenoxy) is 3. The van der Waals surface area contributed by atoms with Gasteiger partial charge in [0, 0.05) is 6.07 Å². The van der Waals surface area contributed by atoms with Gasteiger partial charge in [-0.25, -0.2) is 4.79 Å². The molecule has 0 saturated heterocycles. The number of hydrogen-bond donors (Lipinski definition) is 0. The Bertz CT molecular complexity index is 718. The van der Waals surface area contributed by atoms with E-state index in [0.29, 0.717) is 16.5 Å². The van der Waals surface area contributed by atoms with Gasteiger partial charge < -0.3 is 14.2 Å². The number of benzene rings is 2. The van der Waals surface area contributed by atoms with Gasteiger partial charge in [-0.1, -0.05) is 46.9 Å². The summed E-state index contributed by atoms with van der Waals surface area (Å²) in [5.41, 5.74) is 0. The third-order valence-electron chi connectivity index (χ3n) is 2.89. The topological polar surface area (TPSA) is 44.8 Å². The molecule has 0 N–H and O–H groups in total.